The van der Waals surface area contributed by atoms with Gasteiger partial charge in [-0.15, -0.1) is 0 Å². The molecule has 5 aromatic rings. The number of aryl methyl sites for hydroxylation is 2. The summed E-state index contributed by atoms with van der Waals surface area (Å²) in [5, 5.41) is 9.44. The molecular formula is C34H34F3N9O2. The lowest BCUT2D eigenvalue weighted by molar-refractivity contribution is -0.137. The lowest BCUT2D eigenvalue weighted by atomic mass is 10.1. The number of morpholine rings is 1. The highest BCUT2D eigenvalue weighted by Gasteiger charge is 2.32. The third kappa shape index (κ3) is 7.96. The van der Waals surface area contributed by atoms with Crippen LogP contribution >= 0.6 is 0 Å². The normalized spacial score (nSPS) is 13.7. The van der Waals surface area contributed by atoms with Crippen LogP contribution in [0.1, 0.15) is 27.2 Å². The van der Waals surface area contributed by atoms with Crippen molar-refractivity contribution in [2.75, 3.05) is 55.3 Å². The fraction of sp³-hybridized carbons (Fsp3) is 0.265. The predicted molar refractivity (Wildman–Crippen MR) is 177 cm³/mol. The number of aromatic nitrogens is 5. The number of ether oxygens (including phenoxy) is 1. The van der Waals surface area contributed by atoms with Crippen molar-refractivity contribution in [1.29, 1.82) is 0 Å². The van der Waals surface area contributed by atoms with E-state index in [-0.39, 0.29) is 11.3 Å². The molecule has 48 heavy (non-hydrogen) atoms. The summed E-state index contributed by atoms with van der Waals surface area (Å²) in [6.07, 6.45) is 1.50. The Kier molecular flexibility index (Phi) is 9.64. The maximum Gasteiger partial charge on any atom is 0.416 e. The topological polar surface area (TPSA) is 122 Å². The van der Waals surface area contributed by atoms with Gasteiger partial charge in [0.05, 0.1) is 36.5 Å². The van der Waals surface area contributed by atoms with E-state index in [2.05, 4.69) is 40.8 Å². The number of carbonyl (C=O) groups is 1. The summed E-state index contributed by atoms with van der Waals surface area (Å²) in [5.41, 5.74) is 2.99. The van der Waals surface area contributed by atoms with Crippen molar-refractivity contribution in [1.82, 2.24) is 29.4 Å². The third-order valence-corrected chi connectivity index (χ3v) is 7.85. The van der Waals surface area contributed by atoms with Gasteiger partial charge < -0.3 is 25.3 Å². The zero-order valence-electron chi connectivity index (χ0n) is 26.4. The van der Waals surface area contributed by atoms with Crippen molar-refractivity contribution in [3.63, 3.8) is 0 Å². The molecule has 1 saturated heterocycles. The van der Waals surface area contributed by atoms with E-state index in [4.69, 9.17) is 4.74 Å². The molecule has 1 aliphatic rings. The summed E-state index contributed by atoms with van der Waals surface area (Å²) < 4.78 is 48.2. The number of anilines is 4. The molecule has 3 N–H and O–H groups in total. The predicted octanol–water partition coefficient (Wildman–Crippen LogP) is 6.10. The number of rotatable bonds is 10. The summed E-state index contributed by atoms with van der Waals surface area (Å²) in [6.45, 7) is 8.51. The summed E-state index contributed by atoms with van der Waals surface area (Å²) in [5.74, 6) is 0.521. The lowest BCUT2D eigenvalue weighted by Gasteiger charge is -2.26. The Morgan fingerprint density at radius 1 is 0.979 bits per heavy atom. The maximum atomic E-state index is 13.8. The molecule has 0 saturated carbocycles. The third-order valence-electron chi connectivity index (χ3n) is 7.85. The fourth-order valence-corrected chi connectivity index (χ4v) is 5.26. The summed E-state index contributed by atoms with van der Waals surface area (Å²) >= 11 is 0. The molecule has 0 radical (unpaired) electrons. The van der Waals surface area contributed by atoms with E-state index >= 15 is 0 Å². The van der Waals surface area contributed by atoms with E-state index < -0.39 is 17.6 Å². The van der Waals surface area contributed by atoms with Crippen LogP contribution < -0.4 is 16.0 Å². The molecule has 3 aromatic heterocycles. The number of hydrogen-bond acceptors (Lipinski definition) is 9. The van der Waals surface area contributed by atoms with Crippen LogP contribution in [0, 0.1) is 13.8 Å². The van der Waals surface area contributed by atoms with Crippen LogP contribution in [0.3, 0.4) is 0 Å². The number of pyridine rings is 1. The number of nitrogens with zero attached hydrogens (tertiary/aromatic N) is 6. The Hall–Kier alpha value is -5.34. The molecule has 0 aliphatic carbocycles. The number of benzene rings is 2. The number of halogens is 3. The van der Waals surface area contributed by atoms with Gasteiger partial charge in [0.15, 0.2) is 0 Å². The van der Waals surface area contributed by atoms with Crippen LogP contribution in [0.15, 0.2) is 79.6 Å². The second kappa shape index (κ2) is 14.2. The number of amides is 1. The molecule has 0 unspecified atom stereocenters. The van der Waals surface area contributed by atoms with Crippen molar-refractivity contribution in [2.45, 2.75) is 20.0 Å². The Bertz CT molecular complexity index is 1910. The highest BCUT2D eigenvalue weighted by molar-refractivity contribution is 6.05. The first-order valence-corrected chi connectivity index (χ1v) is 15.4. The SMILES string of the molecule is Cc1cn(-c2cc(C(=O)Nc3ccc(C)c(Nc4ncccc4-c4cc(NCCN5CCOCC5)ncn4)c3)cc(C(F)(F)F)c2)cn1. The zero-order valence-corrected chi connectivity index (χ0v) is 26.4. The zero-order chi connectivity index (χ0) is 33.7. The average molecular weight is 658 g/mol. The quantitative estimate of drug-likeness (QED) is 0.164. The molecular weight excluding hydrogens is 623 g/mol. The Balaban J connectivity index is 1.20. The van der Waals surface area contributed by atoms with Crippen molar-refractivity contribution in [3.05, 3.63) is 102 Å². The molecule has 11 nitrogen and oxygen atoms in total. The van der Waals surface area contributed by atoms with Gasteiger partial charge in [-0.1, -0.05) is 6.07 Å². The number of imidazole rings is 1. The van der Waals surface area contributed by atoms with Gasteiger partial charge in [0.1, 0.15) is 18.0 Å². The van der Waals surface area contributed by atoms with Gasteiger partial charge in [0, 0.05) is 72.8 Å². The smallest absolute Gasteiger partial charge is 0.379 e. The van der Waals surface area contributed by atoms with Crippen LogP contribution in [0.5, 0.6) is 0 Å². The van der Waals surface area contributed by atoms with Gasteiger partial charge in [-0.25, -0.2) is 19.9 Å². The lowest BCUT2D eigenvalue weighted by Crippen LogP contribution is -2.39. The van der Waals surface area contributed by atoms with Gasteiger partial charge in [-0.05, 0) is 61.9 Å². The van der Waals surface area contributed by atoms with Gasteiger partial charge >= 0.3 is 6.18 Å². The summed E-state index contributed by atoms with van der Waals surface area (Å²) in [7, 11) is 0. The highest BCUT2D eigenvalue weighted by atomic mass is 19.4. The minimum absolute atomic E-state index is 0.147. The highest BCUT2D eigenvalue weighted by Crippen LogP contribution is 2.33. The first-order chi connectivity index (χ1) is 23.1. The molecule has 1 aliphatic heterocycles. The Morgan fingerprint density at radius 2 is 1.81 bits per heavy atom. The van der Waals surface area contributed by atoms with Crippen LogP contribution in [0.2, 0.25) is 0 Å². The number of hydrogen-bond donors (Lipinski definition) is 3. The van der Waals surface area contributed by atoms with E-state index in [1.54, 1.807) is 37.5 Å². The Labute approximate surface area is 275 Å². The van der Waals surface area contributed by atoms with Crippen molar-refractivity contribution in [2.24, 2.45) is 0 Å². The maximum absolute atomic E-state index is 13.8. The van der Waals surface area contributed by atoms with Gasteiger partial charge in [-0.2, -0.15) is 13.2 Å². The van der Waals surface area contributed by atoms with Gasteiger partial charge in [-0.3, -0.25) is 9.69 Å². The van der Waals surface area contributed by atoms with Crippen molar-refractivity contribution in [3.8, 4) is 16.9 Å². The average Bonchev–Trinajstić information content (AvgIpc) is 3.53. The van der Waals surface area contributed by atoms with Crippen LogP contribution in [0.4, 0.5) is 36.2 Å². The molecule has 14 heteroatoms. The van der Waals surface area contributed by atoms with Gasteiger partial charge in [0.2, 0.25) is 0 Å². The fourth-order valence-electron chi connectivity index (χ4n) is 5.26. The van der Waals surface area contributed by atoms with E-state index in [1.807, 2.05) is 25.1 Å². The number of carbonyl (C=O) groups excluding carboxylic acids is 1. The molecule has 1 amide bonds. The van der Waals surface area contributed by atoms with E-state index in [1.165, 1.54) is 23.3 Å². The number of nitrogens with one attached hydrogen (secondary N) is 3. The standard InChI is InChI=1S/C34H34F3N9O2/c1-22-5-6-26(43-33(47)24-14-25(34(35,36)37)16-27(15-24)46-19-23(2)42-21-46)17-29(22)44-32-28(4-3-7-39-32)30-18-31(41-20-40-30)38-8-9-45-10-12-48-13-11-45/h3-7,14-21H,8-13H2,1-2H3,(H,39,44)(H,43,47)(H,38,40,41). The molecule has 0 bridgehead atoms. The second-order valence-electron chi connectivity index (χ2n) is 11.4. The molecule has 0 atom stereocenters. The molecule has 0 spiro atoms. The van der Waals surface area contributed by atoms with Crippen molar-refractivity contribution < 1.29 is 22.7 Å². The van der Waals surface area contributed by atoms with Crippen molar-refractivity contribution >= 4 is 28.9 Å². The first kappa shape index (κ1) is 32.6. The molecule has 6 rings (SSSR count). The van der Waals surface area contributed by atoms with Crippen LogP contribution in [0.25, 0.3) is 16.9 Å². The van der Waals surface area contributed by atoms with Gasteiger partial charge in [0.25, 0.3) is 5.91 Å². The molecule has 1 fully saturated rings. The second-order valence-corrected chi connectivity index (χ2v) is 11.4. The van der Waals surface area contributed by atoms with E-state index in [0.29, 0.717) is 34.4 Å². The molecule has 4 heterocycles. The molecule has 2 aromatic carbocycles. The molecule has 248 valence electrons. The monoisotopic (exact) mass is 657 g/mol. The summed E-state index contributed by atoms with van der Waals surface area (Å²) in [4.78, 5) is 33.1. The number of alkyl halides is 3. The summed E-state index contributed by atoms with van der Waals surface area (Å²) in [6, 6.07) is 14.0. The van der Waals surface area contributed by atoms with Crippen LogP contribution in [-0.4, -0.2) is 74.7 Å². The first-order valence-electron chi connectivity index (χ1n) is 15.4. The minimum atomic E-state index is -4.65. The van der Waals surface area contributed by atoms with E-state index in [0.717, 1.165) is 62.7 Å². The largest absolute Gasteiger partial charge is 0.416 e. The van der Waals surface area contributed by atoms with E-state index in [9.17, 15) is 18.0 Å². The minimum Gasteiger partial charge on any atom is -0.379 e. The Morgan fingerprint density at radius 3 is 2.58 bits per heavy atom. The van der Waals surface area contributed by atoms with Crippen LogP contribution in [-0.2, 0) is 10.9 Å².